The molecule has 3 aromatic heterocycles. The molecule has 1 aromatic carbocycles. The van der Waals surface area contributed by atoms with E-state index in [4.69, 9.17) is 17.9 Å². The number of ether oxygens (including phenoxy) is 2. The third-order valence-electron chi connectivity index (χ3n) is 5.64. The van der Waals surface area contributed by atoms with Crippen molar-refractivity contribution in [2.75, 3.05) is 19.5 Å². The van der Waals surface area contributed by atoms with Gasteiger partial charge in [0.1, 0.15) is 5.82 Å². The van der Waals surface area contributed by atoms with Crippen LogP contribution in [0.5, 0.6) is 11.6 Å². The normalized spacial score (nSPS) is 14.5. The molecule has 5 rings (SSSR count). The Balaban J connectivity index is 1.47. The number of benzene rings is 1. The zero-order valence-electron chi connectivity index (χ0n) is 20.8. The number of nitrogens with two attached hydrogens (primary N) is 1. The molecule has 1 saturated carbocycles. The van der Waals surface area contributed by atoms with Gasteiger partial charge in [0.2, 0.25) is 11.8 Å². The highest BCUT2D eigenvalue weighted by molar-refractivity contribution is 5.99. The lowest BCUT2D eigenvalue weighted by Gasteiger charge is -2.13. The van der Waals surface area contributed by atoms with Gasteiger partial charge in [-0.05, 0) is 55.0 Å². The number of carbonyl (C=O) groups is 1. The zero-order valence-corrected chi connectivity index (χ0v) is 18.8. The Morgan fingerprint density at radius 3 is 2.86 bits per heavy atom. The number of halogens is 2. The van der Waals surface area contributed by atoms with Gasteiger partial charge in [-0.1, -0.05) is 0 Å². The minimum atomic E-state index is -2.45. The number of pyridine rings is 2. The first-order chi connectivity index (χ1) is 17.6. The van der Waals surface area contributed by atoms with E-state index in [0.29, 0.717) is 22.8 Å². The number of nitrogens with zero attached hydrogens (tertiary/aromatic N) is 4. The summed E-state index contributed by atoms with van der Waals surface area (Å²) in [5.74, 6) is -2.67. The Hall–Kier alpha value is -4.08. The van der Waals surface area contributed by atoms with Crippen molar-refractivity contribution in [3.63, 3.8) is 0 Å². The maximum atomic E-state index is 14.6. The molecule has 35 heavy (non-hydrogen) atoms. The van der Waals surface area contributed by atoms with Gasteiger partial charge in [0.15, 0.2) is 23.0 Å². The van der Waals surface area contributed by atoms with Crippen LogP contribution in [0.25, 0.3) is 16.8 Å². The molecule has 0 aliphatic heterocycles. The fraction of sp³-hybridized carbons (Fsp3) is 0.280. The Bertz CT molecular complexity index is 1510. The predicted molar refractivity (Wildman–Crippen MR) is 124 cm³/mol. The van der Waals surface area contributed by atoms with Gasteiger partial charge < -0.3 is 15.2 Å². The molecule has 0 bridgehead atoms. The van der Waals surface area contributed by atoms with Crippen molar-refractivity contribution in [1.29, 1.82) is 0 Å². The van der Waals surface area contributed by atoms with Crippen molar-refractivity contribution < 1.29 is 25.8 Å². The van der Waals surface area contributed by atoms with Crippen LogP contribution in [0.1, 0.15) is 37.9 Å². The third kappa shape index (κ3) is 4.91. The van der Waals surface area contributed by atoms with E-state index >= 15 is 0 Å². The molecule has 0 amide bonds. The van der Waals surface area contributed by atoms with Crippen molar-refractivity contribution in [2.45, 2.75) is 25.6 Å². The van der Waals surface area contributed by atoms with Gasteiger partial charge >= 0.3 is 0 Å². The van der Waals surface area contributed by atoms with Crippen LogP contribution in [-0.4, -0.2) is 39.1 Å². The smallest absolute Gasteiger partial charge is 0.240 e. The molecular formula is C25H23F2N5O3. The van der Waals surface area contributed by atoms with Gasteiger partial charge in [-0.15, -0.1) is 5.10 Å². The number of methoxy groups -OCH3 is 1. The van der Waals surface area contributed by atoms with Gasteiger partial charge in [-0.2, -0.15) is 4.98 Å². The molecule has 4 aromatic rings. The maximum Gasteiger partial charge on any atom is 0.240 e. The fourth-order valence-electron chi connectivity index (χ4n) is 3.65. The summed E-state index contributed by atoms with van der Waals surface area (Å²) in [6.07, 6.45) is 1.85. The van der Waals surface area contributed by atoms with E-state index in [0.717, 1.165) is 18.9 Å². The lowest BCUT2D eigenvalue weighted by atomic mass is 10.00. The molecule has 180 valence electrons. The Morgan fingerprint density at radius 2 is 2.09 bits per heavy atom. The summed E-state index contributed by atoms with van der Waals surface area (Å²) in [5, 5.41) is 4.02. The van der Waals surface area contributed by atoms with Gasteiger partial charge in [-0.25, -0.2) is 18.3 Å². The molecule has 10 heteroatoms. The van der Waals surface area contributed by atoms with E-state index in [1.165, 1.54) is 23.9 Å². The number of hydrogen-bond acceptors (Lipinski definition) is 7. The summed E-state index contributed by atoms with van der Waals surface area (Å²) >= 11 is 0. The molecule has 0 saturated heterocycles. The number of ketones is 1. The van der Waals surface area contributed by atoms with Gasteiger partial charge in [0, 0.05) is 38.7 Å². The fourth-order valence-corrected chi connectivity index (χ4v) is 3.65. The number of fused-ring (bicyclic) bond motifs is 1. The molecule has 0 atom stereocenters. The lowest BCUT2D eigenvalue weighted by molar-refractivity contribution is 0.0979. The summed E-state index contributed by atoms with van der Waals surface area (Å²) in [4.78, 5) is 21.7. The van der Waals surface area contributed by atoms with Crippen molar-refractivity contribution in [1.82, 2.24) is 19.6 Å². The van der Waals surface area contributed by atoms with E-state index in [2.05, 4.69) is 15.1 Å². The van der Waals surface area contributed by atoms with Gasteiger partial charge in [0.25, 0.3) is 0 Å². The molecule has 1 fully saturated rings. The number of aryl methyl sites for hydroxylation is 1. The van der Waals surface area contributed by atoms with E-state index in [1.807, 2.05) is 0 Å². The number of nitrogen functional groups attached to an aromatic ring is 1. The van der Waals surface area contributed by atoms with Crippen LogP contribution in [-0.2, 0) is 6.37 Å². The van der Waals surface area contributed by atoms with Crippen LogP contribution in [0.3, 0.4) is 0 Å². The predicted octanol–water partition coefficient (Wildman–Crippen LogP) is 4.26. The van der Waals surface area contributed by atoms with Crippen LogP contribution in [0.15, 0.2) is 42.7 Å². The molecule has 3 heterocycles. The van der Waals surface area contributed by atoms with Crippen molar-refractivity contribution in [3.05, 3.63) is 65.5 Å². The van der Waals surface area contributed by atoms with E-state index in [-0.39, 0.29) is 41.2 Å². The minimum absolute atomic E-state index is 0.00650. The highest BCUT2D eigenvalue weighted by Gasteiger charge is 2.24. The molecule has 8 nitrogen and oxygen atoms in total. The second-order valence-corrected chi connectivity index (χ2v) is 8.26. The van der Waals surface area contributed by atoms with Crippen molar-refractivity contribution in [3.8, 4) is 22.8 Å². The van der Waals surface area contributed by atoms with Gasteiger partial charge in [-0.3, -0.25) is 4.79 Å². The average molecular weight is 481 g/mol. The van der Waals surface area contributed by atoms with E-state index < -0.39 is 30.2 Å². The van der Waals surface area contributed by atoms with Crippen LogP contribution >= 0.6 is 0 Å². The van der Waals surface area contributed by atoms with E-state index in [1.54, 1.807) is 18.3 Å². The average Bonchev–Trinajstić information content (AvgIpc) is 3.60. The van der Waals surface area contributed by atoms with Crippen LogP contribution in [0, 0.1) is 17.6 Å². The Kier molecular flexibility index (Phi) is 5.39. The molecular weight excluding hydrogens is 456 g/mol. The summed E-state index contributed by atoms with van der Waals surface area (Å²) < 4.78 is 58.1. The highest BCUT2D eigenvalue weighted by atomic mass is 19.1. The number of anilines is 1. The van der Waals surface area contributed by atoms with Crippen molar-refractivity contribution in [2.24, 2.45) is 5.92 Å². The zero-order chi connectivity index (χ0) is 26.3. The SMILES string of the molecule is [2H]C([2H])(CC(=O)c1cc(-c2ccn3nc(N)nc3c2)cnc1OC)c1cc(F)cc(F)c1OCC1CC1. The standard InChI is InChI=1S/C25H23F2N5O3/c1-34-24-19(9-17(12-29-24)15-6-7-32-22(10-15)30-25(28)31-32)21(33)5-4-16-8-18(26)11-20(27)23(16)35-13-14-2-3-14/h6-12,14H,2-5,13H2,1H3,(H2,28,31)/i4D2. The number of aromatic nitrogens is 4. The maximum absolute atomic E-state index is 14.6. The Morgan fingerprint density at radius 1 is 1.26 bits per heavy atom. The first-order valence-corrected chi connectivity index (χ1v) is 11.0. The largest absolute Gasteiger partial charge is 0.490 e. The molecule has 0 unspecified atom stereocenters. The van der Waals surface area contributed by atoms with Crippen LogP contribution in [0.2, 0.25) is 0 Å². The second kappa shape index (κ2) is 9.28. The van der Waals surface area contributed by atoms with Crippen LogP contribution < -0.4 is 15.2 Å². The number of carbonyl (C=O) groups excluding carboxylic acids is 1. The summed E-state index contributed by atoms with van der Waals surface area (Å²) in [5.41, 5.74) is 6.99. The van der Waals surface area contributed by atoms with Crippen LogP contribution in [0.4, 0.5) is 14.7 Å². The second-order valence-electron chi connectivity index (χ2n) is 8.26. The Labute approximate surface area is 202 Å². The summed E-state index contributed by atoms with van der Waals surface area (Å²) in [6, 6.07) is 6.47. The monoisotopic (exact) mass is 481 g/mol. The lowest BCUT2D eigenvalue weighted by Crippen LogP contribution is -2.08. The number of rotatable bonds is 9. The number of Topliss-reactive ketones (excluding diaryl/α,β-unsaturated/α-hetero) is 1. The summed E-state index contributed by atoms with van der Waals surface area (Å²) in [6.45, 7) is 0.196. The first-order valence-electron chi connectivity index (χ1n) is 12.0. The number of hydrogen-bond donors (Lipinski definition) is 1. The minimum Gasteiger partial charge on any atom is -0.490 e. The third-order valence-corrected chi connectivity index (χ3v) is 5.64. The van der Waals surface area contributed by atoms with E-state index in [9.17, 15) is 13.6 Å². The van der Waals surface area contributed by atoms with Crippen molar-refractivity contribution >= 4 is 17.4 Å². The first kappa shape index (κ1) is 20.3. The summed E-state index contributed by atoms with van der Waals surface area (Å²) in [7, 11) is 1.34. The topological polar surface area (TPSA) is 105 Å². The molecule has 1 aliphatic rings. The quantitative estimate of drug-likeness (QED) is 0.356. The highest BCUT2D eigenvalue weighted by Crippen LogP contribution is 2.33. The molecule has 0 radical (unpaired) electrons. The molecule has 2 N–H and O–H groups in total. The van der Waals surface area contributed by atoms with Gasteiger partial charge in [0.05, 0.1) is 19.3 Å². The molecule has 0 spiro atoms. The molecule has 1 aliphatic carbocycles.